The number of benzene rings is 1. The van der Waals surface area contributed by atoms with Gasteiger partial charge in [-0.1, -0.05) is 6.07 Å². The highest BCUT2D eigenvalue weighted by Crippen LogP contribution is 2.25. The van der Waals surface area contributed by atoms with Crippen LogP contribution < -0.4 is 10.9 Å². The summed E-state index contributed by atoms with van der Waals surface area (Å²) in [5, 5.41) is 2.60. The van der Waals surface area contributed by atoms with Crippen LogP contribution in [0.15, 0.2) is 35.3 Å². The van der Waals surface area contributed by atoms with E-state index in [0.717, 1.165) is 31.5 Å². The van der Waals surface area contributed by atoms with Gasteiger partial charge >= 0.3 is 0 Å². The first-order valence-electron chi connectivity index (χ1n) is 10.2. The number of hydrogen-bond donors (Lipinski definition) is 2. The summed E-state index contributed by atoms with van der Waals surface area (Å²) >= 11 is 0. The van der Waals surface area contributed by atoms with Crippen molar-refractivity contribution < 1.29 is 14.0 Å². The van der Waals surface area contributed by atoms with Crippen LogP contribution in [0.25, 0.3) is 0 Å². The summed E-state index contributed by atoms with van der Waals surface area (Å²) in [6, 6.07) is 5.53. The maximum absolute atomic E-state index is 13.4. The van der Waals surface area contributed by atoms with Gasteiger partial charge in [0, 0.05) is 30.9 Å². The van der Waals surface area contributed by atoms with Crippen LogP contribution >= 0.6 is 0 Å². The number of carbonyl (C=O) groups is 2. The molecule has 1 aromatic heterocycles. The van der Waals surface area contributed by atoms with Crippen LogP contribution in [0.2, 0.25) is 0 Å². The smallest absolute Gasteiger partial charge is 0.261 e. The highest BCUT2D eigenvalue weighted by molar-refractivity contribution is 6.05. The van der Waals surface area contributed by atoms with Crippen LogP contribution in [-0.2, 0) is 17.8 Å². The van der Waals surface area contributed by atoms with Crippen LogP contribution in [0.4, 0.5) is 10.1 Å². The first kappa shape index (κ1) is 20.3. The van der Waals surface area contributed by atoms with E-state index in [-0.39, 0.29) is 23.1 Å². The Kier molecular flexibility index (Phi) is 5.67. The van der Waals surface area contributed by atoms with Crippen LogP contribution in [0, 0.1) is 11.7 Å². The van der Waals surface area contributed by atoms with Crippen molar-refractivity contribution in [2.75, 3.05) is 32.0 Å². The zero-order valence-corrected chi connectivity index (χ0v) is 16.9. The monoisotopic (exact) mass is 412 g/mol. The summed E-state index contributed by atoms with van der Waals surface area (Å²) in [6.07, 6.45) is 3.73. The number of halogens is 1. The zero-order valence-electron chi connectivity index (χ0n) is 16.9. The third kappa shape index (κ3) is 4.14. The molecule has 2 aliphatic heterocycles. The van der Waals surface area contributed by atoms with Gasteiger partial charge in [-0.15, -0.1) is 0 Å². The van der Waals surface area contributed by atoms with E-state index >= 15 is 0 Å². The van der Waals surface area contributed by atoms with Crippen molar-refractivity contribution in [3.8, 4) is 0 Å². The molecule has 0 aliphatic carbocycles. The summed E-state index contributed by atoms with van der Waals surface area (Å²) in [6.45, 7) is 2.68. The van der Waals surface area contributed by atoms with E-state index in [1.165, 1.54) is 18.2 Å². The molecule has 8 heteroatoms. The van der Waals surface area contributed by atoms with Gasteiger partial charge in [0.2, 0.25) is 5.91 Å². The zero-order chi connectivity index (χ0) is 21.3. The maximum Gasteiger partial charge on any atom is 0.261 e. The molecule has 0 radical (unpaired) electrons. The molecule has 2 aromatic rings. The summed E-state index contributed by atoms with van der Waals surface area (Å²) in [5.41, 5.74) is 1.25. The molecule has 0 saturated carbocycles. The number of aromatic amines is 1. The molecule has 3 heterocycles. The minimum atomic E-state index is -0.575. The number of nitrogens with zero attached hydrogens (tertiary/aromatic N) is 2. The van der Waals surface area contributed by atoms with E-state index in [1.54, 1.807) is 12.3 Å². The molecule has 1 fully saturated rings. The van der Waals surface area contributed by atoms with Gasteiger partial charge in [0.1, 0.15) is 11.4 Å². The van der Waals surface area contributed by atoms with Crippen molar-refractivity contribution in [2.24, 2.45) is 5.92 Å². The lowest BCUT2D eigenvalue weighted by Crippen LogP contribution is -2.44. The number of hydrogen-bond acceptors (Lipinski definition) is 4. The number of H-pyrrole nitrogens is 1. The van der Waals surface area contributed by atoms with E-state index in [4.69, 9.17) is 0 Å². The lowest BCUT2D eigenvalue weighted by molar-refractivity contribution is -0.137. The molecular weight excluding hydrogens is 387 g/mol. The van der Waals surface area contributed by atoms with Gasteiger partial charge < -0.3 is 20.1 Å². The summed E-state index contributed by atoms with van der Waals surface area (Å²) in [4.78, 5) is 44.8. The minimum absolute atomic E-state index is 0.0289. The normalized spacial score (nSPS) is 17.5. The largest absolute Gasteiger partial charge is 0.338 e. The van der Waals surface area contributed by atoms with Crippen LogP contribution in [-0.4, -0.2) is 53.3 Å². The van der Waals surface area contributed by atoms with Crippen molar-refractivity contribution in [3.05, 3.63) is 63.3 Å². The highest BCUT2D eigenvalue weighted by Gasteiger charge is 2.31. The SMILES string of the molecule is CN1CCC(C(=O)N2CCc3c(c[nH]c(=O)c3C(=O)Nc3cccc(F)c3)C2)CC1. The Labute approximate surface area is 173 Å². The second kappa shape index (κ2) is 8.39. The first-order chi connectivity index (χ1) is 14.4. The third-order valence-corrected chi connectivity index (χ3v) is 5.98. The number of pyridine rings is 1. The molecule has 30 heavy (non-hydrogen) atoms. The molecular formula is C22H25FN4O3. The van der Waals surface area contributed by atoms with Gasteiger partial charge in [-0.25, -0.2) is 4.39 Å². The van der Waals surface area contributed by atoms with Crippen molar-refractivity contribution in [1.82, 2.24) is 14.8 Å². The average Bonchev–Trinajstić information content (AvgIpc) is 2.73. The Hall–Kier alpha value is -3.00. The van der Waals surface area contributed by atoms with Crippen molar-refractivity contribution in [3.63, 3.8) is 0 Å². The average molecular weight is 412 g/mol. The van der Waals surface area contributed by atoms with Crippen molar-refractivity contribution in [2.45, 2.75) is 25.8 Å². The summed E-state index contributed by atoms with van der Waals surface area (Å²) in [5.74, 6) is -0.874. The van der Waals surface area contributed by atoms with E-state index in [0.29, 0.717) is 25.1 Å². The molecule has 2 amide bonds. The fourth-order valence-electron chi connectivity index (χ4n) is 4.27. The number of aromatic nitrogens is 1. The maximum atomic E-state index is 13.4. The van der Waals surface area contributed by atoms with Gasteiger partial charge in [0.25, 0.3) is 11.5 Å². The molecule has 2 aliphatic rings. The second-order valence-electron chi connectivity index (χ2n) is 8.05. The van der Waals surface area contributed by atoms with Crippen LogP contribution in [0.5, 0.6) is 0 Å². The number of piperidine rings is 1. The summed E-state index contributed by atoms with van der Waals surface area (Å²) in [7, 11) is 2.06. The number of amides is 2. The molecule has 1 aromatic carbocycles. The molecule has 0 spiro atoms. The number of fused-ring (bicyclic) bond motifs is 1. The van der Waals surface area contributed by atoms with Crippen molar-refractivity contribution in [1.29, 1.82) is 0 Å². The van der Waals surface area contributed by atoms with Gasteiger partial charge in [-0.3, -0.25) is 14.4 Å². The highest BCUT2D eigenvalue weighted by atomic mass is 19.1. The topological polar surface area (TPSA) is 85.5 Å². The second-order valence-corrected chi connectivity index (χ2v) is 8.05. The Bertz CT molecular complexity index is 1030. The van der Waals surface area contributed by atoms with Crippen LogP contribution in [0.3, 0.4) is 0 Å². The quantitative estimate of drug-likeness (QED) is 0.808. The molecule has 0 unspecified atom stereocenters. The predicted octanol–water partition coefficient (Wildman–Crippen LogP) is 1.99. The Morgan fingerprint density at radius 3 is 2.70 bits per heavy atom. The van der Waals surface area contributed by atoms with E-state index < -0.39 is 17.3 Å². The van der Waals surface area contributed by atoms with E-state index in [1.807, 2.05) is 4.90 Å². The van der Waals surface area contributed by atoms with E-state index in [9.17, 15) is 18.8 Å². The molecule has 1 saturated heterocycles. The molecule has 158 valence electrons. The number of anilines is 1. The Balaban J connectivity index is 1.53. The fraction of sp³-hybridized carbons (Fsp3) is 0.409. The summed E-state index contributed by atoms with van der Waals surface area (Å²) < 4.78 is 13.4. The lowest BCUT2D eigenvalue weighted by Gasteiger charge is -2.35. The van der Waals surface area contributed by atoms with Gasteiger partial charge in [0.05, 0.1) is 0 Å². The van der Waals surface area contributed by atoms with Crippen LogP contribution in [0.1, 0.15) is 34.3 Å². The molecule has 7 nitrogen and oxygen atoms in total. The first-order valence-corrected chi connectivity index (χ1v) is 10.2. The molecule has 4 rings (SSSR count). The van der Waals surface area contributed by atoms with Gasteiger partial charge in [-0.05, 0) is 68.7 Å². The van der Waals surface area contributed by atoms with E-state index in [2.05, 4.69) is 22.2 Å². The van der Waals surface area contributed by atoms with Gasteiger partial charge in [0.15, 0.2) is 0 Å². The fourth-order valence-corrected chi connectivity index (χ4v) is 4.27. The van der Waals surface area contributed by atoms with Gasteiger partial charge in [-0.2, -0.15) is 0 Å². The third-order valence-electron chi connectivity index (χ3n) is 5.98. The predicted molar refractivity (Wildman–Crippen MR) is 111 cm³/mol. The number of nitrogens with one attached hydrogen (secondary N) is 2. The number of likely N-dealkylation sites (tertiary alicyclic amines) is 1. The molecule has 2 N–H and O–H groups in total. The standard InChI is InChI=1S/C22H25FN4O3/c1-26-8-5-14(6-9-26)22(30)27-10-7-18-15(13-27)12-24-20(28)19(18)21(29)25-17-4-2-3-16(23)11-17/h2-4,11-12,14H,5-10,13H2,1H3,(H,24,28)(H,25,29). The number of rotatable bonds is 3. The number of carbonyl (C=O) groups excluding carboxylic acids is 2. The van der Waals surface area contributed by atoms with Crippen molar-refractivity contribution >= 4 is 17.5 Å². The Morgan fingerprint density at radius 2 is 1.97 bits per heavy atom. The Morgan fingerprint density at radius 1 is 1.20 bits per heavy atom. The minimum Gasteiger partial charge on any atom is -0.338 e. The molecule has 0 atom stereocenters. The lowest BCUT2D eigenvalue weighted by atomic mass is 9.92. The molecule has 0 bridgehead atoms.